The minimum Gasteiger partial charge on any atom is -0.438 e. The summed E-state index contributed by atoms with van der Waals surface area (Å²) in [5, 5.41) is 12.4. The number of aromatic nitrogens is 2. The number of hydrogen-bond acceptors (Lipinski definition) is 5. The SMILES string of the molecule is Cc1cccc(Oc2nc3c(C)cccn3c(=O)c2/C=C(/C#N)C(=O)Nc2ccccc2C)c1. The Hall–Kier alpha value is -4.70. The maximum Gasteiger partial charge on any atom is 0.269 e. The largest absolute Gasteiger partial charge is 0.438 e. The van der Waals surface area contributed by atoms with Gasteiger partial charge in [-0.05, 0) is 67.8 Å². The van der Waals surface area contributed by atoms with Crippen molar-refractivity contribution in [2.24, 2.45) is 0 Å². The third kappa shape index (κ3) is 4.57. The molecule has 0 radical (unpaired) electrons. The lowest BCUT2D eigenvalue weighted by Crippen LogP contribution is -2.21. The summed E-state index contributed by atoms with van der Waals surface area (Å²) < 4.78 is 7.36. The minimum atomic E-state index is -0.632. The summed E-state index contributed by atoms with van der Waals surface area (Å²) in [6.07, 6.45) is 2.81. The Morgan fingerprint density at radius 1 is 1.06 bits per heavy atom. The number of hydrogen-bond donors (Lipinski definition) is 1. The molecule has 0 saturated heterocycles. The first kappa shape index (κ1) is 22.5. The molecule has 168 valence electrons. The molecule has 7 heteroatoms. The summed E-state index contributed by atoms with van der Waals surface area (Å²) >= 11 is 0. The molecular formula is C27H22N4O3. The van der Waals surface area contributed by atoms with Crippen LogP contribution in [0.4, 0.5) is 5.69 Å². The van der Waals surface area contributed by atoms with Crippen molar-refractivity contribution in [3.05, 3.63) is 105 Å². The van der Waals surface area contributed by atoms with Crippen LogP contribution >= 0.6 is 0 Å². The van der Waals surface area contributed by atoms with Gasteiger partial charge in [0.2, 0.25) is 5.88 Å². The van der Waals surface area contributed by atoms with Crippen molar-refractivity contribution in [2.75, 3.05) is 5.32 Å². The average molecular weight is 450 g/mol. The van der Waals surface area contributed by atoms with Gasteiger partial charge in [-0.1, -0.05) is 36.4 Å². The first-order valence-corrected chi connectivity index (χ1v) is 10.6. The highest BCUT2D eigenvalue weighted by Gasteiger charge is 2.18. The van der Waals surface area contributed by atoms with E-state index in [-0.39, 0.29) is 17.0 Å². The summed E-state index contributed by atoms with van der Waals surface area (Å²) in [5.41, 5.74) is 2.90. The topological polar surface area (TPSA) is 96.5 Å². The van der Waals surface area contributed by atoms with Crippen molar-refractivity contribution in [3.63, 3.8) is 0 Å². The summed E-state index contributed by atoms with van der Waals surface area (Å²) in [7, 11) is 0. The lowest BCUT2D eigenvalue weighted by Gasteiger charge is -2.12. The Morgan fingerprint density at radius 3 is 2.56 bits per heavy atom. The normalized spacial score (nSPS) is 11.2. The molecule has 2 aromatic carbocycles. The number of amides is 1. The maximum atomic E-state index is 13.4. The lowest BCUT2D eigenvalue weighted by molar-refractivity contribution is -0.112. The van der Waals surface area contributed by atoms with Crippen molar-refractivity contribution in [3.8, 4) is 17.7 Å². The fourth-order valence-corrected chi connectivity index (χ4v) is 3.48. The first-order valence-electron chi connectivity index (χ1n) is 10.6. The molecule has 0 spiro atoms. The Morgan fingerprint density at radius 2 is 1.82 bits per heavy atom. The number of ether oxygens (including phenoxy) is 1. The number of pyridine rings is 1. The van der Waals surface area contributed by atoms with E-state index in [1.165, 1.54) is 10.5 Å². The summed E-state index contributed by atoms with van der Waals surface area (Å²) in [5.74, 6) is -0.129. The number of benzene rings is 2. The second-order valence-corrected chi connectivity index (χ2v) is 7.88. The molecule has 7 nitrogen and oxygen atoms in total. The highest BCUT2D eigenvalue weighted by molar-refractivity contribution is 6.10. The molecule has 0 fully saturated rings. The van der Waals surface area contributed by atoms with E-state index < -0.39 is 11.5 Å². The number of para-hydroxylation sites is 1. The Balaban J connectivity index is 1.85. The molecule has 0 saturated carbocycles. The molecule has 0 unspecified atom stereocenters. The fourth-order valence-electron chi connectivity index (χ4n) is 3.48. The smallest absolute Gasteiger partial charge is 0.269 e. The number of carbonyl (C=O) groups is 1. The van der Waals surface area contributed by atoms with Crippen LogP contribution in [0.5, 0.6) is 11.6 Å². The van der Waals surface area contributed by atoms with Crippen LogP contribution in [0.1, 0.15) is 22.3 Å². The van der Waals surface area contributed by atoms with E-state index in [1.54, 1.807) is 30.5 Å². The molecule has 2 aromatic heterocycles. The maximum absolute atomic E-state index is 13.4. The second-order valence-electron chi connectivity index (χ2n) is 7.88. The van der Waals surface area contributed by atoms with E-state index in [1.807, 2.05) is 63.2 Å². The van der Waals surface area contributed by atoms with Gasteiger partial charge in [-0.15, -0.1) is 0 Å². The van der Waals surface area contributed by atoms with Gasteiger partial charge in [-0.25, -0.2) is 0 Å². The quantitative estimate of drug-likeness (QED) is 0.342. The number of carbonyl (C=O) groups excluding carboxylic acids is 1. The molecule has 0 aliphatic carbocycles. The molecule has 4 aromatic rings. The number of aryl methyl sites for hydroxylation is 3. The van der Waals surface area contributed by atoms with Gasteiger partial charge >= 0.3 is 0 Å². The number of anilines is 1. The van der Waals surface area contributed by atoms with E-state index in [9.17, 15) is 14.9 Å². The zero-order valence-electron chi connectivity index (χ0n) is 19.0. The van der Waals surface area contributed by atoms with E-state index in [2.05, 4.69) is 10.3 Å². The van der Waals surface area contributed by atoms with Gasteiger partial charge in [0, 0.05) is 11.9 Å². The standard InChI is InChI=1S/C27H22N4O3/c1-17-8-6-11-21(14-17)34-26-22(27(33)31-13-7-10-19(3)24(31)30-26)15-20(16-28)25(32)29-23-12-5-4-9-18(23)2/h4-15H,1-3H3,(H,29,32)/b20-15-. The van der Waals surface area contributed by atoms with Crippen molar-refractivity contribution >= 4 is 23.3 Å². The third-order valence-corrected chi connectivity index (χ3v) is 5.30. The zero-order valence-corrected chi connectivity index (χ0v) is 19.0. The van der Waals surface area contributed by atoms with Crippen LogP contribution in [-0.4, -0.2) is 15.3 Å². The predicted octanol–water partition coefficient (Wildman–Crippen LogP) is 4.96. The van der Waals surface area contributed by atoms with Gasteiger partial charge in [-0.2, -0.15) is 10.2 Å². The van der Waals surface area contributed by atoms with Gasteiger partial charge in [0.1, 0.15) is 28.6 Å². The Kier molecular flexibility index (Phi) is 6.24. The highest BCUT2D eigenvalue weighted by atomic mass is 16.5. The number of nitrogens with zero attached hydrogens (tertiary/aromatic N) is 3. The van der Waals surface area contributed by atoms with E-state index in [4.69, 9.17) is 4.74 Å². The van der Waals surface area contributed by atoms with Gasteiger partial charge in [-0.3, -0.25) is 14.0 Å². The van der Waals surface area contributed by atoms with E-state index in [0.29, 0.717) is 17.1 Å². The molecule has 0 aliphatic heterocycles. The first-order chi connectivity index (χ1) is 16.4. The molecule has 0 bridgehead atoms. The van der Waals surface area contributed by atoms with Crippen LogP contribution in [0.2, 0.25) is 0 Å². The molecule has 1 amide bonds. The van der Waals surface area contributed by atoms with Crippen molar-refractivity contribution in [2.45, 2.75) is 20.8 Å². The van der Waals surface area contributed by atoms with Crippen LogP contribution in [0.15, 0.2) is 77.2 Å². The third-order valence-electron chi connectivity index (χ3n) is 5.30. The highest BCUT2D eigenvalue weighted by Crippen LogP contribution is 2.25. The molecule has 4 rings (SSSR count). The van der Waals surface area contributed by atoms with Gasteiger partial charge in [0.15, 0.2) is 0 Å². The number of fused-ring (bicyclic) bond motifs is 1. The van der Waals surface area contributed by atoms with Gasteiger partial charge in [0.25, 0.3) is 11.5 Å². The summed E-state index contributed by atoms with van der Waals surface area (Å²) in [6.45, 7) is 5.61. The molecular weight excluding hydrogens is 428 g/mol. The van der Waals surface area contributed by atoms with Crippen LogP contribution in [0.3, 0.4) is 0 Å². The average Bonchev–Trinajstić information content (AvgIpc) is 2.81. The van der Waals surface area contributed by atoms with Crippen LogP contribution in [0.25, 0.3) is 11.7 Å². The van der Waals surface area contributed by atoms with E-state index in [0.717, 1.165) is 16.7 Å². The van der Waals surface area contributed by atoms with Crippen molar-refractivity contribution in [1.82, 2.24) is 9.38 Å². The number of rotatable bonds is 5. The zero-order chi connectivity index (χ0) is 24.2. The number of nitrogens with one attached hydrogen (secondary N) is 1. The van der Waals surface area contributed by atoms with Crippen LogP contribution < -0.4 is 15.6 Å². The molecule has 1 N–H and O–H groups in total. The van der Waals surface area contributed by atoms with Crippen LogP contribution in [0, 0.1) is 32.1 Å². The molecule has 0 atom stereocenters. The van der Waals surface area contributed by atoms with Crippen LogP contribution in [-0.2, 0) is 4.79 Å². The summed E-state index contributed by atoms with van der Waals surface area (Å²) in [6, 6.07) is 20.0. The Labute approximate surface area is 196 Å². The molecule has 2 heterocycles. The molecule has 34 heavy (non-hydrogen) atoms. The second kappa shape index (κ2) is 9.43. The van der Waals surface area contributed by atoms with Crippen molar-refractivity contribution in [1.29, 1.82) is 5.26 Å². The summed E-state index contributed by atoms with van der Waals surface area (Å²) in [4.78, 5) is 30.8. The number of nitriles is 1. The van der Waals surface area contributed by atoms with Gasteiger partial charge in [0.05, 0.1) is 0 Å². The van der Waals surface area contributed by atoms with Crippen molar-refractivity contribution < 1.29 is 9.53 Å². The lowest BCUT2D eigenvalue weighted by atomic mass is 10.1. The monoisotopic (exact) mass is 450 g/mol. The molecule has 0 aliphatic rings. The minimum absolute atomic E-state index is 0.00101. The van der Waals surface area contributed by atoms with E-state index >= 15 is 0 Å². The Bertz CT molecular complexity index is 1540. The predicted molar refractivity (Wildman–Crippen MR) is 131 cm³/mol. The van der Waals surface area contributed by atoms with Gasteiger partial charge < -0.3 is 10.1 Å². The fraction of sp³-hybridized carbons (Fsp3) is 0.111.